The Balaban J connectivity index is 1.50. The van der Waals surface area contributed by atoms with Crippen LogP contribution in [0, 0.1) is 13.8 Å². The van der Waals surface area contributed by atoms with Crippen molar-refractivity contribution in [3.05, 3.63) is 114 Å². The first-order valence-electron chi connectivity index (χ1n) is 11.2. The molecule has 2 heterocycles. The molecule has 0 fully saturated rings. The second-order valence-electron chi connectivity index (χ2n) is 8.56. The third-order valence-corrected chi connectivity index (χ3v) is 6.40. The van der Waals surface area contributed by atoms with E-state index in [0.29, 0.717) is 0 Å². The van der Waals surface area contributed by atoms with Crippen molar-refractivity contribution in [2.75, 3.05) is 0 Å². The summed E-state index contributed by atoms with van der Waals surface area (Å²) < 4.78 is 6.39. The summed E-state index contributed by atoms with van der Waals surface area (Å²) in [4.78, 5) is 4.81. The standard InChI is InChI=1S/C31H23NO/c1-20-13-15-25(22-9-5-3-6-10-22)31-30(20)26-18-24(14-16-29(26)33-31)28-17-21(2)27(19-32-28)23-11-7-4-8-12-23/h3-19H,1-2H3. The number of benzene rings is 4. The molecule has 0 aliphatic carbocycles. The molecule has 0 bridgehead atoms. The molecule has 33 heavy (non-hydrogen) atoms. The lowest BCUT2D eigenvalue weighted by Crippen LogP contribution is -1.89. The Bertz CT molecular complexity index is 1610. The first-order chi connectivity index (χ1) is 16.2. The van der Waals surface area contributed by atoms with Gasteiger partial charge in [-0.2, -0.15) is 0 Å². The van der Waals surface area contributed by atoms with Gasteiger partial charge >= 0.3 is 0 Å². The van der Waals surface area contributed by atoms with Crippen LogP contribution in [0.4, 0.5) is 0 Å². The van der Waals surface area contributed by atoms with Crippen LogP contribution in [0.3, 0.4) is 0 Å². The Morgan fingerprint density at radius 2 is 1.30 bits per heavy atom. The summed E-state index contributed by atoms with van der Waals surface area (Å²) in [6, 6.07) is 33.7. The Morgan fingerprint density at radius 1 is 0.606 bits per heavy atom. The van der Waals surface area contributed by atoms with Gasteiger partial charge in [-0.1, -0.05) is 72.8 Å². The molecule has 2 nitrogen and oxygen atoms in total. The van der Waals surface area contributed by atoms with Crippen LogP contribution in [0.5, 0.6) is 0 Å². The van der Waals surface area contributed by atoms with Crippen molar-refractivity contribution in [3.8, 4) is 33.5 Å². The molecule has 0 saturated carbocycles. The molecule has 2 heteroatoms. The lowest BCUT2D eigenvalue weighted by atomic mass is 9.97. The van der Waals surface area contributed by atoms with Gasteiger partial charge in [-0.3, -0.25) is 4.98 Å². The zero-order chi connectivity index (χ0) is 22.4. The van der Waals surface area contributed by atoms with Gasteiger partial charge in [0.2, 0.25) is 0 Å². The zero-order valence-corrected chi connectivity index (χ0v) is 18.7. The average Bonchev–Trinajstić information content (AvgIpc) is 3.25. The van der Waals surface area contributed by atoms with Crippen LogP contribution < -0.4 is 0 Å². The predicted molar refractivity (Wildman–Crippen MR) is 137 cm³/mol. The Morgan fingerprint density at radius 3 is 2.00 bits per heavy atom. The predicted octanol–water partition coefficient (Wildman–Crippen LogP) is 8.60. The fourth-order valence-electron chi connectivity index (χ4n) is 4.68. The van der Waals surface area contributed by atoms with Crippen molar-refractivity contribution >= 4 is 21.9 Å². The maximum absolute atomic E-state index is 6.39. The van der Waals surface area contributed by atoms with E-state index in [1.165, 1.54) is 22.1 Å². The monoisotopic (exact) mass is 425 g/mol. The number of nitrogens with zero attached hydrogens (tertiary/aromatic N) is 1. The summed E-state index contributed by atoms with van der Waals surface area (Å²) in [5, 5.41) is 2.30. The molecule has 4 aromatic carbocycles. The highest BCUT2D eigenvalue weighted by molar-refractivity contribution is 6.12. The highest BCUT2D eigenvalue weighted by Crippen LogP contribution is 2.39. The summed E-state index contributed by atoms with van der Waals surface area (Å²) in [5.41, 5.74) is 11.0. The number of hydrogen-bond donors (Lipinski definition) is 0. The van der Waals surface area contributed by atoms with Crippen molar-refractivity contribution in [2.45, 2.75) is 13.8 Å². The number of fused-ring (bicyclic) bond motifs is 3. The summed E-state index contributed by atoms with van der Waals surface area (Å²) in [5.74, 6) is 0. The van der Waals surface area contributed by atoms with Crippen molar-refractivity contribution in [2.24, 2.45) is 0 Å². The molecule has 6 aromatic rings. The Kier molecular flexibility index (Phi) is 4.58. The van der Waals surface area contributed by atoms with E-state index in [1.807, 2.05) is 18.3 Å². The molecular formula is C31H23NO. The highest BCUT2D eigenvalue weighted by Gasteiger charge is 2.16. The van der Waals surface area contributed by atoms with E-state index >= 15 is 0 Å². The van der Waals surface area contributed by atoms with Crippen LogP contribution in [0.15, 0.2) is 108 Å². The molecule has 0 aliphatic rings. The van der Waals surface area contributed by atoms with E-state index in [-0.39, 0.29) is 0 Å². The number of rotatable bonds is 3. The first-order valence-corrected chi connectivity index (χ1v) is 11.2. The Hall–Kier alpha value is -4.17. The van der Waals surface area contributed by atoms with Crippen LogP contribution in [0.1, 0.15) is 11.1 Å². The molecule has 0 spiro atoms. The van der Waals surface area contributed by atoms with Crippen LogP contribution in [-0.4, -0.2) is 4.98 Å². The van der Waals surface area contributed by atoms with Gasteiger partial charge in [0.15, 0.2) is 0 Å². The largest absolute Gasteiger partial charge is 0.455 e. The molecule has 0 N–H and O–H groups in total. The molecule has 0 amide bonds. The van der Waals surface area contributed by atoms with Crippen LogP contribution in [0.2, 0.25) is 0 Å². The zero-order valence-electron chi connectivity index (χ0n) is 18.7. The van der Waals surface area contributed by atoms with E-state index in [1.54, 1.807) is 0 Å². The summed E-state index contributed by atoms with van der Waals surface area (Å²) in [7, 11) is 0. The second kappa shape index (κ2) is 7.75. The quantitative estimate of drug-likeness (QED) is 0.284. The number of furan rings is 1. The molecular weight excluding hydrogens is 402 g/mol. The van der Waals surface area contributed by atoms with Crippen LogP contribution in [-0.2, 0) is 0 Å². The summed E-state index contributed by atoms with van der Waals surface area (Å²) >= 11 is 0. The minimum absolute atomic E-state index is 0.901. The minimum atomic E-state index is 0.901. The summed E-state index contributed by atoms with van der Waals surface area (Å²) in [6.45, 7) is 4.30. The van der Waals surface area contributed by atoms with Crippen molar-refractivity contribution in [1.82, 2.24) is 4.98 Å². The molecule has 158 valence electrons. The van der Waals surface area contributed by atoms with E-state index < -0.39 is 0 Å². The van der Waals surface area contributed by atoms with Crippen molar-refractivity contribution in [3.63, 3.8) is 0 Å². The molecule has 6 rings (SSSR count). The molecule has 0 radical (unpaired) electrons. The van der Waals surface area contributed by atoms with E-state index in [9.17, 15) is 0 Å². The molecule has 0 unspecified atom stereocenters. The molecule has 2 aromatic heterocycles. The smallest absolute Gasteiger partial charge is 0.143 e. The van der Waals surface area contributed by atoms with Gasteiger partial charge in [0.25, 0.3) is 0 Å². The van der Waals surface area contributed by atoms with Gasteiger partial charge in [-0.05, 0) is 60.4 Å². The van der Waals surface area contributed by atoms with E-state index in [0.717, 1.165) is 44.5 Å². The third kappa shape index (κ3) is 3.32. The number of aromatic nitrogens is 1. The first kappa shape index (κ1) is 19.5. The maximum Gasteiger partial charge on any atom is 0.143 e. The lowest BCUT2D eigenvalue weighted by molar-refractivity contribution is 0.670. The second-order valence-corrected chi connectivity index (χ2v) is 8.56. The normalized spacial score (nSPS) is 11.3. The average molecular weight is 426 g/mol. The summed E-state index contributed by atoms with van der Waals surface area (Å²) in [6.07, 6.45) is 1.98. The fraction of sp³-hybridized carbons (Fsp3) is 0.0645. The van der Waals surface area contributed by atoms with Gasteiger partial charge in [0.05, 0.1) is 5.69 Å². The maximum atomic E-state index is 6.39. The van der Waals surface area contributed by atoms with Crippen molar-refractivity contribution in [1.29, 1.82) is 0 Å². The van der Waals surface area contributed by atoms with Gasteiger partial charge in [-0.25, -0.2) is 0 Å². The molecule has 0 atom stereocenters. The van der Waals surface area contributed by atoms with Gasteiger partial charge in [0, 0.05) is 33.7 Å². The number of hydrogen-bond acceptors (Lipinski definition) is 2. The SMILES string of the molecule is Cc1cc(-c2ccc3oc4c(-c5ccccc5)ccc(C)c4c3c2)ncc1-c1ccccc1. The van der Waals surface area contributed by atoms with Crippen LogP contribution >= 0.6 is 0 Å². The van der Waals surface area contributed by atoms with Gasteiger partial charge in [-0.15, -0.1) is 0 Å². The molecule has 0 aliphatic heterocycles. The van der Waals surface area contributed by atoms with E-state index in [4.69, 9.17) is 9.40 Å². The number of pyridine rings is 1. The Labute approximate surface area is 193 Å². The number of aryl methyl sites for hydroxylation is 2. The molecule has 0 saturated heterocycles. The van der Waals surface area contributed by atoms with Gasteiger partial charge < -0.3 is 4.42 Å². The highest BCUT2D eigenvalue weighted by atomic mass is 16.3. The minimum Gasteiger partial charge on any atom is -0.455 e. The van der Waals surface area contributed by atoms with Crippen molar-refractivity contribution < 1.29 is 4.42 Å². The lowest BCUT2D eigenvalue weighted by Gasteiger charge is -2.08. The van der Waals surface area contributed by atoms with E-state index in [2.05, 4.69) is 98.8 Å². The third-order valence-electron chi connectivity index (χ3n) is 6.40. The van der Waals surface area contributed by atoms with Crippen LogP contribution in [0.25, 0.3) is 55.4 Å². The fourth-order valence-corrected chi connectivity index (χ4v) is 4.68. The van der Waals surface area contributed by atoms with Gasteiger partial charge in [0.1, 0.15) is 11.2 Å². The topological polar surface area (TPSA) is 26.0 Å².